The molecule has 1 aliphatic rings. The molecule has 1 heterocycles. The Morgan fingerprint density at radius 1 is 1.25 bits per heavy atom. The highest BCUT2D eigenvalue weighted by molar-refractivity contribution is 5.84. The highest BCUT2D eigenvalue weighted by atomic mass is 16.2. The van der Waals surface area contributed by atoms with Gasteiger partial charge in [-0.3, -0.25) is 10.1 Å². The van der Waals surface area contributed by atoms with E-state index in [-0.39, 0.29) is 18.1 Å². The first-order valence-corrected chi connectivity index (χ1v) is 7.77. The third-order valence-corrected chi connectivity index (χ3v) is 4.29. The second kappa shape index (κ2) is 6.40. The molecule has 1 fully saturated rings. The summed E-state index contributed by atoms with van der Waals surface area (Å²) in [4.78, 5) is 14.7. The number of aryl methyl sites for hydroxylation is 1. The first-order valence-electron chi connectivity index (χ1n) is 7.77. The Labute approximate surface area is 122 Å². The van der Waals surface area contributed by atoms with Gasteiger partial charge in [0.2, 0.25) is 5.91 Å². The van der Waals surface area contributed by atoms with Crippen molar-refractivity contribution >= 4 is 5.91 Å². The Balaban J connectivity index is 2.35. The van der Waals surface area contributed by atoms with Crippen LogP contribution in [0.5, 0.6) is 0 Å². The van der Waals surface area contributed by atoms with E-state index >= 15 is 0 Å². The molecule has 0 bridgehead atoms. The van der Waals surface area contributed by atoms with Crippen LogP contribution in [0.1, 0.15) is 57.3 Å². The molecule has 1 N–H and O–H groups in total. The molecule has 110 valence electrons. The van der Waals surface area contributed by atoms with Crippen LogP contribution in [0.15, 0.2) is 24.3 Å². The molecule has 0 spiro atoms. The smallest absolute Gasteiger partial charge is 0.241 e. The fourth-order valence-corrected chi connectivity index (χ4v) is 3.11. The number of hydrogen-bond acceptors (Lipinski definition) is 2. The Hall–Kier alpha value is -1.35. The molecule has 3 nitrogen and oxygen atoms in total. The van der Waals surface area contributed by atoms with Gasteiger partial charge in [0, 0.05) is 6.04 Å². The van der Waals surface area contributed by atoms with Gasteiger partial charge in [0.25, 0.3) is 0 Å². The van der Waals surface area contributed by atoms with Gasteiger partial charge in [-0.15, -0.1) is 0 Å². The maximum Gasteiger partial charge on any atom is 0.241 e. The molecule has 3 heteroatoms. The van der Waals surface area contributed by atoms with Gasteiger partial charge in [-0.2, -0.15) is 0 Å². The monoisotopic (exact) mass is 274 g/mol. The van der Waals surface area contributed by atoms with Crippen molar-refractivity contribution in [2.24, 2.45) is 0 Å². The van der Waals surface area contributed by atoms with E-state index in [1.807, 2.05) is 0 Å². The molecule has 1 amide bonds. The fraction of sp³-hybridized carbons (Fsp3) is 0.588. The molecular formula is C17H26N2O. The van der Waals surface area contributed by atoms with Crippen molar-refractivity contribution in [1.82, 2.24) is 10.2 Å². The van der Waals surface area contributed by atoms with Gasteiger partial charge in [-0.25, -0.2) is 0 Å². The van der Waals surface area contributed by atoms with Crippen molar-refractivity contribution < 1.29 is 4.79 Å². The number of nitrogens with zero attached hydrogens (tertiary/aromatic N) is 1. The van der Waals surface area contributed by atoms with Gasteiger partial charge < -0.3 is 4.90 Å². The minimum Gasteiger partial charge on any atom is -0.319 e. The van der Waals surface area contributed by atoms with Gasteiger partial charge in [-0.1, -0.05) is 50.6 Å². The predicted molar refractivity (Wildman–Crippen MR) is 82.4 cm³/mol. The van der Waals surface area contributed by atoms with Crippen molar-refractivity contribution in [2.75, 3.05) is 0 Å². The number of hydrogen-bond donors (Lipinski definition) is 1. The van der Waals surface area contributed by atoms with Crippen LogP contribution in [0.25, 0.3) is 0 Å². The molecule has 0 saturated carbocycles. The second-order valence-electron chi connectivity index (χ2n) is 5.66. The molecule has 2 unspecified atom stereocenters. The topological polar surface area (TPSA) is 32.3 Å². The van der Waals surface area contributed by atoms with Gasteiger partial charge in [0.05, 0.1) is 6.04 Å². The lowest BCUT2D eigenvalue weighted by Gasteiger charge is -2.32. The van der Waals surface area contributed by atoms with Gasteiger partial charge in [0.1, 0.15) is 6.17 Å². The average molecular weight is 274 g/mol. The number of nitrogens with one attached hydrogen (secondary N) is 1. The van der Waals surface area contributed by atoms with Crippen LogP contribution in [0.4, 0.5) is 0 Å². The first kappa shape index (κ1) is 15.0. The molecule has 1 aromatic rings. The molecule has 1 aromatic carbocycles. The largest absolute Gasteiger partial charge is 0.319 e. The normalized spacial score (nSPS) is 22.9. The van der Waals surface area contributed by atoms with E-state index in [1.165, 1.54) is 11.1 Å². The van der Waals surface area contributed by atoms with E-state index in [1.54, 1.807) is 0 Å². The fourth-order valence-electron chi connectivity index (χ4n) is 3.11. The van der Waals surface area contributed by atoms with Crippen molar-refractivity contribution in [1.29, 1.82) is 0 Å². The molecule has 0 aromatic heterocycles. The van der Waals surface area contributed by atoms with Gasteiger partial charge in [-0.05, 0) is 31.7 Å². The van der Waals surface area contributed by atoms with Crippen molar-refractivity contribution in [3.63, 3.8) is 0 Å². The summed E-state index contributed by atoms with van der Waals surface area (Å²) >= 11 is 0. The van der Waals surface area contributed by atoms with E-state index in [0.29, 0.717) is 6.04 Å². The summed E-state index contributed by atoms with van der Waals surface area (Å²) in [5.74, 6) is 0.257. The van der Waals surface area contributed by atoms with E-state index in [2.05, 4.69) is 62.2 Å². The van der Waals surface area contributed by atoms with Crippen molar-refractivity contribution in [3.05, 3.63) is 35.4 Å². The Bertz CT molecular complexity index is 468. The summed E-state index contributed by atoms with van der Waals surface area (Å²) in [6.07, 6.45) is 2.88. The zero-order chi connectivity index (χ0) is 14.7. The van der Waals surface area contributed by atoms with Gasteiger partial charge >= 0.3 is 0 Å². The molecule has 1 saturated heterocycles. The first-order chi connectivity index (χ1) is 9.62. The molecule has 0 aliphatic carbocycles. The zero-order valence-electron chi connectivity index (χ0n) is 13.0. The second-order valence-corrected chi connectivity index (χ2v) is 5.66. The van der Waals surface area contributed by atoms with E-state index in [9.17, 15) is 4.79 Å². The SMILES string of the molecule is CCC1NC(c2cccc(C)c2)N(C(CC)CC)C1=O. The predicted octanol–water partition coefficient (Wildman–Crippen LogP) is 3.39. The molecular weight excluding hydrogens is 248 g/mol. The van der Waals surface area contributed by atoms with Crippen molar-refractivity contribution in [2.45, 2.75) is 65.2 Å². The van der Waals surface area contributed by atoms with Crippen LogP contribution in [-0.4, -0.2) is 22.9 Å². The summed E-state index contributed by atoms with van der Waals surface area (Å²) in [5.41, 5.74) is 2.43. The lowest BCUT2D eigenvalue weighted by atomic mass is 10.1. The van der Waals surface area contributed by atoms with Crippen LogP contribution in [0, 0.1) is 6.92 Å². The Kier molecular flexibility index (Phi) is 4.81. The summed E-state index contributed by atoms with van der Waals surface area (Å²) in [5, 5.41) is 3.51. The van der Waals surface area contributed by atoms with Crippen molar-refractivity contribution in [3.8, 4) is 0 Å². The van der Waals surface area contributed by atoms with Gasteiger partial charge in [0.15, 0.2) is 0 Å². The standard InChI is InChI=1S/C17H26N2O/c1-5-14(6-2)19-16(18-15(7-3)17(19)20)13-10-8-9-12(4)11-13/h8-11,14-16,18H,5-7H2,1-4H3. The number of amides is 1. The van der Waals surface area contributed by atoms with Crippen LogP contribution in [-0.2, 0) is 4.79 Å². The van der Waals surface area contributed by atoms with Crippen LogP contribution < -0.4 is 5.32 Å². The van der Waals surface area contributed by atoms with E-state index < -0.39 is 0 Å². The number of carbonyl (C=O) groups is 1. The highest BCUT2D eigenvalue weighted by Gasteiger charge is 2.41. The average Bonchev–Trinajstić information content (AvgIpc) is 2.78. The van der Waals surface area contributed by atoms with Crippen LogP contribution in [0.3, 0.4) is 0 Å². The molecule has 0 radical (unpaired) electrons. The number of benzene rings is 1. The molecule has 2 rings (SSSR count). The molecule has 1 aliphatic heterocycles. The molecule has 20 heavy (non-hydrogen) atoms. The third-order valence-electron chi connectivity index (χ3n) is 4.29. The summed E-state index contributed by atoms with van der Waals surface area (Å²) in [6.45, 7) is 8.49. The van der Waals surface area contributed by atoms with E-state index in [4.69, 9.17) is 0 Å². The Morgan fingerprint density at radius 2 is 1.95 bits per heavy atom. The molecule has 2 atom stereocenters. The summed E-state index contributed by atoms with van der Waals surface area (Å²) < 4.78 is 0. The lowest BCUT2D eigenvalue weighted by Crippen LogP contribution is -2.39. The van der Waals surface area contributed by atoms with Crippen LogP contribution >= 0.6 is 0 Å². The van der Waals surface area contributed by atoms with Crippen LogP contribution in [0.2, 0.25) is 0 Å². The van der Waals surface area contributed by atoms with E-state index in [0.717, 1.165) is 19.3 Å². The number of rotatable bonds is 5. The number of carbonyl (C=O) groups excluding carboxylic acids is 1. The summed E-state index contributed by atoms with van der Waals surface area (Å²) in [7, 11) is 0. The summed E-state index contributed by atoms with van der Waals surface area (Å²) in [6, 6.07) is 8.74. The minimum atomic E-state index is -0.0406. The maximum absolute atomic E-state index is 12.6. The lowest BCUT2D eigenvalue weighted by molar-refractivity contribution is -0.132. The zero-order valence-corrected chi connectivity index (χ0v) is 13.0. The minimum absolute atomic E-state index is 0.0252. The maximum atomic E-state index is 12.6. The third kappa shape index (κ3) is 2.73. The highest BCUT2D eigenvalue weighted by Crippen LogP contribution is 2.30. The Morgan fingerprint density at radius 3 is 2.50 bits per heavy atom. The quantitative estimate of drug-likeness (QED) is 0.892.